The van der Waals surface area contributed by atoms with Crippen LogP contribution in [0.25, 0.3) is 0 Å². The largest absolute Gasteiger partial charge is 0.497 e. The van der Waals surface area contributed by atoms with Gasteiger partial charge < -0.3 is 20.1 Å². The van der Waals surface area contributed by atoms with Gasteiger partial charge in [-0.15, -0.1) is 24.0 Å². The molecule has 0 aliphatic heterocycles. The van der Waals surface area contributed by atoms with Crippen molar-refractivity contribution >= 4 is 29.9 Å². The molecular formula is C18H23FIN3O2. The maximum absolute atomic E-state index is 12.9. The quantitative estimate of drug-likeness (QED) is 0.396. The Morgan fingerprint density at radius 3 is 2.28 bits per heavy atom. The van der Waals surface area contributed by atoms with Crippen LogP contribution in [0.3, 0.4) is 0 Å². The number of nitrogens with zero attached hydrogens (tertiary/aromatic N) is 1. The molecule has 0 bridgehead atoms. The second-order valence-electron chi connectivity index (χ2n) is 5.08. The minimum absolute atomic E-state index is 0. The zero-order chi connectivity index (χ0) is 17.4. The second-order valence-corrected chi connectivity index (χ2v) is 5.08. The van der Waals surface area contributed by atoms with Gasteiger partial charge in [-0.3, -0.25) is 4.99 Å². The molecular weight excluding hydrogens is 436 g/mol. The maximum atomic E-state index is 12.9. The maximum Gasteiger partial charge on any atom is 0.191 e. The summed E-state index contributed by atoms with van der Waals surface area (Å²) in [5.74, 6) is 1.90. The summed E-state index contributed by atoms with van der Waals surface area (Å²) in [4.78, 5) is 4.18. The lowest BCUT2D eigenvalue weighted by Gasteiger charge is -2.14. The molecule has 0 aliphatic carbocycles. The van der Waals surface area contributed by atoms with Crippen molar-refractivity contribution in [2.75, 3.05) is 21.3 Å². The number of aliphatic imine (C=N–C) groups is 1. The van der Waals surface area contributed by atoms with Crippen molar-refractivity contribution < 1.29 is 13.9 Å². The van der Waals surface area contributed by atoms with E-state index >= 15 is 0 Å². The Bertz CT molecular complexity index is 693. The lowest BCUT2D eigenvalue weighted by molar-refractivity contribution is 0.390. The number of methoxy groups -OCH3 is 2. The van der Waals surface area contributed by atoms with Gasteiger partial charge in [-0.1, -0.05) is 12.1 Å². The van der Waals surface area contributed by atoms with Gasteiger partial charge in [0.15, 0.2) is 5.96 Å². The predicted octanol–water partition coefficient (Wildman–Crippen LogP) is 3.33. The van der Waals surface area contributed by atoms with Gasteiger partial charge >= 0.3 is 0 Å². The minimum Gasteiger partial charge on any atom is -0.497 e. The fourth-order valence-corrected chi connectivity index (χ4v) is 2.19. The Kier molecular flexibility index (Phi) is 9.04. The van der Waals surface area contributed by atoms with Gasteiger partial charge in [-0.25, -0.2) is 4.39 Å². The van der Waals surface area contributed by atoms with Gasteiger partial charge in [0.2, 0.25) is 0 Å². The third kappa shape index (κ3) is 6.41. The molecule has 2 aromatic rings. The van der Waals surface area contributed by atoms with Crippen LogP contribution in [-0.2, 0) is 13.1 Å². The monoisotopic (exact) mass is 459 g/mol. The highest BCUT2D eigenvalue weighted by Crippen LogP contribution is 2.24. The molecule has 0 amide bonds. The number of halogens is 2. The van der Waals surface area contributed by atoms with Crippen LogP contribution in [-0.4, -0.2) is 27.2 Å². The van der Waals surface area contributed by atoms with E-state index in [1.54, 1.807) is 33.4 Å². The van der Waals surface area contributed by atoms with Crippen molar-refractivity contribution in [3.8, 4) is 11.5 Å². The first-order valence-electron chi connectivity index (χ1n) is 7.56. The zero-order valence-electron chi connectivity index (χ0n) is 14.5. The van der Waals surface area contributed by atoms with E-state index in [4.69, 9.17) is 9.47 Å². The molecule has 5 nitrogen and oxygen atoms in total. The van der Waals surface area contributed by atoms with Gasteiger partial charge in [-0.2, -0.15) is 0 Å². The second kappa shape index (κ2) is 10.8. The molecule has 25 heavy (non-hydrogen) atoms. The highest BCUT2D eigenvalue weighted by molar-refractivity contribution is 14.0. The summed E-state index contributed by atoms with van der Waals surface area (Å²) in [6.07, 6.45) is 0. The van der Waals surface area contributed by atoms with Gasteiger partial charge in [0.05, 0.1) is 14.2 Å². The van der Waals surface area contributed by atoms with Gasteiger partial charge in [0, 0.05) is 31.8 Å². The molecule has 7 heteroatoms. The van der Waals surface area contributed by atoms with Crippen LogP contribution < -0.4 is 20.1 Å². The number of guanidine groups is 1. The normalized spacial score (nSPS) is 10.6. The number of hydrogen-bond donors (Lipinski definition) is 2. The van der Waals surface area contributed by atoms with Crippen molar-refractivity contribution in [3.05, 3.63) is 59.4 Å². The van der Waals surface area contributed by atoms with E-state index in [0.29, 0.717) is 19.0 Å². The van der Waals surface area contributed by atoms with E-state index in [1.165, 1.54) is 12.1 Å². The molecule has 2 N–H and O–H groups in total. The number of benzene rings is 2. The molecule has 0 radical (unpaired) electrons. The Morgan fingerprint density at radius 2 is 1.68 bits per heavy atom. The standard InChI is InChI=1S/C18H22FN3O2.HI/c1-20-18(21-11-13-4-7-15(19)8-5-13)22-12-14-6-9-16(23-2)10-17(14)24-3;/h4-10H,11-12H2,1-3H3,(H2,20,21,22);1H. The van der Waals surface area contributed by atoms with Crippen molar-refractivity contribution in [2.24, 2.45) is 4.99 Å². The molecule has 0 aliphatic rings. The first-order chi connectivity index (χ1) is 11.7. The predicted molar refractivity (Wildman–Crippen MR) is 108 cm³/mol. The summed E-state index contributed by atoms with van der Waals surface area (Å²) in [5.41, 5.74) is 1.96. The Morgan fingerprint density at radius 1 is 1.00 bits per heavy atom. The van der Waals surface area contributed by atoms with Crippen LogP contribution in [0.4, 0.5) is 4.39 Å². The highest BCUT2D eigenvalue weighted by atomic mass is 127. The number of ether oxygens (including phenoxy) is 2. The first-order valence-corrected chi connectivity index (χ1v) is 7.56. The van der Waals surface area contributed by atoms with Crippen molar-refractivity contribution in [1.29, 1.82) is 0 Å². The minimum atomic E-state index is -0.243. The Hall–Kier alpha value is -2.03. The zero-order valence-corrected chi connectivity index (χ0v) is 16.8. The molecule has 0 atom stereocenters. The van der Waals surface area contributed by atoms with Gasteiger partial charge in [0.25, 0.3) is 0 Å². The summed E-state index contributed by atoms with van der Waals surface area (Å²) in [6, 6.07) is 12.0. The summed E-state index contributed by atoms with van der Waals surface area (Å²) in [6.45, 7) is 1.11. The van der Waals surface area contributed by atoms with E-state index in [9.17, 15) is 4.39 Å². The van der Waals surface area contributed by atoms with Gasteiger partial charge in [0.1, 0.15) is 17.3 Å². The lowest BCUT2D eigenvalue weighted by atomic mass is 10.2. The van der Waals surface area contributed by atoms with Crippen molar-refractivity contribution in [3.63, 3.8) is 0 Å². The van der Waals surface area contributed by atoms with Crippen LogP contribution in [0.2, 0.25) is 0 Å². The fourth-order valence-electron chi connectivity index (χ4n) is 2.19. The van der Waals surface area contributed by atoms with Crippen LogP contribution in [0.1, 0.15) is 11.1 Å². The average Bonchev–Trinajstić information content (AvgIpc) is 2.63. The van der Waals surface area contributed by atoms with Gasteiger partial charge in [-0.05, 0) is 29.8 Å². The number of rotatable bonds is 6. The van der Waals surface area contributed by atoms with Crippen molar-refractivity contribution in [2.45, 2.75) is 13.1 Å². The molecule has 0 fully saturated rings. The van der Waals surface area contributed by atoms with Crippen molar-refractivity contribution in [1.82, 2.24) is 10.6 Å². The molecule has 0 aromatic heterocycles. The molecule has 0 unspecified atom stereocenters. The third-order valence-corrected chi connectivity index (χ3v) is 3.54. The fraction of sp³-hybridized carbons (Fsp3) is 0.278. The topological polar surface area (TPSA) is 54.9 Å². The molecule has 2 aromatic carbocycles. The summed E-state index contributed by atoms with van der Waals surface area (Å²) in [5, 5.41) is 6.41. The molecule has 0 spiro atoms. The van der Waals surface area contributed by atoms with E-state index in [0.717, 1.165) is 22.6 Å². The lowest BCUT2D eigenvalue weighted by Crippen LogP contribution is -2.36. The molecule has 0 heterocycles. The molecule has 136 valence electrons. The summed E-state index contributed by atoms with van der Waals surface area (Å²) >= 11 is 0. The third-order valence-electron chi connectivity index (χ3n) is 3.54. The van der Waals surface area contributed by atoms with E-state index in [1.807, 2.05) is 18.2 Å². The Balaban J connectivity index is 0.00000312. The first kappa shape index (κ1) is 21.0. The molecule has 2 rings (SSSR count). The SMILES string of the molecule is CN=C(NCc1ccc(F)cc1)NCc1ccc(OC)cc1OC.I. The smallest absolute Gasteiger partial charge is 0.191 e. The highest BCUT2D eigenvalue weighted by Gasteiger charge is 2.06. The van der Waals surface area contributed by atoms with Crippen LogP contribution in [0, 0.1) is 5.82 Å². The summed E-state index contributed by atoms with van der Waals surface area (Å²) < 4.78 is 23.5. The van der Waals surface area contributed by atoms with Crippen LogP contribution in [0.5, 0.6) is 11.5 Å². The van der Waals surface area contributed by atoms with E-state index < -0.39 is 0 Å². The molecule has 0 saturated carbocycles. The van der Waals surface area contributed by atoms with E-state index in [-0.39, 0.29) is 29.8 Å². The summed E-state index contributed by atoms with van der Waals surface area (Å²) in [7, 11) is 4.94. The Labute approximate surface area is 164 Å². The average molecular weight is 459 g/mol. The van der Waals surface area contributed by atoms with Crippen LogP contribution >= 0.6 is 24.0 Å². The van der Waals surface area contributed by atoms with E-state index in [2.05, 4.69) is 15.6 Å². The number of nitrogens with one attached hydrogen (secondary N) is 2. The molecule has 0 saturated heterocycles. The number of hydrogen-bond acceptors (Lipinski definition) is 3. The van der Waals surface area contributed by atoms with Crippen LogP contribution in [0.15, 0.2) is 47.5 Å².